The van der Waals surface area contributed by atoms with Gasteiger partial charge in [0.05, 0.1) is 18.6 Å². The smallest absolute Gasteiger partial charge is 0.325 e. The molecule has 0 aromatic heterocycles. The van der Waals surface area contributed by atoms with Crippen molar-refractivity contribution >= 4 is 15.8 Å². The number of hydrogen-bond acceptors (Lipinski definition) is 6. The second kappa shape index (κ2) is 7.56. The molecule has 0 spiro atoms. The minimum absolute atomic E-state index is 0.145. The van der Waals surface area contributed by atoms with E-state index in [1.165, 1.54) is 7.11 Å². The van der Waals surface area contributed by atoms with Gasteiger partial charge in [-0.1, -0.05) is 0 Å². The Bertz CT molecular complexity index is 452. The van der Waals surface area contributed by atoms with Crippen LogP contribution in [-0.4, -0.2) is 70.1 Å². The predicted octanol–water partition coefficient (Wildman–Crippen LogP) is 0.427. The van der Waals surface area contributed by atoms with Crippen LogP contribution in [0.4, 0.5) is 0 Å². The second-order valence-electron chi connectivity index (χ2n) is 6.07. The van der Waals surface area contributed by atoms with Gasteiger partial charge in [0.25, 0.3) is 0 Å². The van der Waals surface area contributed by atoms with Crippen LogP contribution in [0.15, 0.2) is 0 Å². The number of sulfone groups is 1. The molecule has 1 heterocycles. The molecule has 0 aliphatic carbocycles. The molecule has 0 bridgehead atoms. The van der Waals surface area contributed by atoms with E-state index in [2.05, 4.69) is 10.2 Å². The Morgan fingerprint density at radius 3 is 2.57 bits per heavy atom. The summed E-state index contributed by atoms with van der Waals surface area (Å²) >= 11 is 0. The fraction of sp³-hybridized carbons (Fsp3) is 0.929. The zero-order valence-electron chi connectivity index (χ0n) is 13.5. The Labute approximate surface area is 128 Å². The molecule has 2 atom stereocenters. The topological polar surface area (TPSA) is 75.7 Å². The molecule has 7 heteroatoms. The fourth-order valence-electron chi connectivity index (χ4n) is 2.70. The Balaban J connectivity index is 2.32. The summed E-state index contributed by atoms with van der Waals surface area (Å²) in [6, 6.07) is 0.145. The molecular formula is C14H28N2O4S. The highest BCUT2D eigenvalue weighted by molar-refractivity contribution is 7.91. The normalized spacial score (nSPS) is 24.0. The summed E-state index contributed by atoms with van der Waals surface area (Å²) in [4.78, 5) is 13.8. The summed E-state index contributed by atoms with van der Waals surface area (Å²) in [6.45, 7) is 2.69. The lowest BCUT2D eigenvalue weighted by Gasteiger charge is -2.27. The molecule has 21 heavy (non-hydrogen) atoms. The quantitative estimate of drug-likeness (QED) is 0.516. The number of nitrogens with zero attached hydrogens (tertiary/aromatic N) is 1. The number of unbranched alkanes of at least 4 members (excludes halogenated alkanes) is 1. The summed E-state index contributed by atoms with van der Waals surface area (Å²) in [5.74, 6) is 0.336. The van der Waals surface area contributed by atoms with E-state index in [0.717, 1.165) is 25.8 Å². The first-order valence-electron chi connectivity index (χ1n) is 7.42. The highest BCUT2D eigenvalue weighted by Crippen LogP contribution is 2.19. The lowest BCUT2D eigenvalue weighted by Crippen LogP contribution is -2.48. The van der Waals surface area contributed by atoms with E-state index >= 15 is 0 Å². The van der Waals surface area contributed by atoms with Crippen LogP contribution >= 0.6 is 0 Å². The van der Waals surface area contributed by atoms with Gasteiger partial charge in [-0.05, 0) is 53.2 Å². The summed E-state index contributed by atoms with van der Waals surface area (Å²) in [5, 5.41) is 3.02. The van der Waals surface area contributed by atoms with Gasteiger partial charge in [0.15, 0.2) is 9.84 Å². The van der Waals surface area contributed by atoms with Crippen molar-refractivity contribution < 1.29 is 17.9 Å². The monoisotopic (exact) mass is 320 g/mol. The maximum absolute atomic E-state index is 11.7. The average molecular weight is 320 g/mol. The Morgan fingerprint density at radius 1 is 1.43 bits per heavy atom. The summed E-state index contributed by atoms with van der Waals surface area (Å²) in [6.07, 6.45) is 3.25. The number of hydrogen-bond donors (Lipinski definition) is 1. The van der Waals surface area contributed by atoms with Crippen molar-refractivity contribution in [2.75, 3.05) is 39.3 Å². The van der Waals surface area contributed by atoms with Gasteiger partial charge in [-0.2, -0.15) is 0 Å². The lowest BCUT2D eigenvalue weighted by molar-refractivity contribution is -0.148. The van der Waals surface area contributed by atoms with Crippen molar-refractivity contribution in [2.45, 2.75) is 44.2 Å². The van der Waals surface area contributed by atoms with E-state index in [1.54, 1.807) is 7.05 Å². The molecule has 0 amide bonds. The number of methoxy groups -OCH3 is 1. The van der Waals surface area contributed by atoms with Crippen LogP contribution in [0.3, 0.4) is 0 Å². The Hall–Kier alpha value is -0.660. The molecule has 0 radical (unpaired) electrons. The minimum Gasteiger partial charge on any atom is -0.468 e. The minimum atomic E-state index is -2.83. The van der Waals surface area contributed by atoms with Crippen LogP contribution in [0, 0.1) is 0 Å². The molecule has 124 valence electrons. The maximum Gasteiger partial charge on any atom is 0.325 e. The molecule has 1 aliphatic rings. The van der Waals surface area contributed by atoms with E-state index in [4.69, 9.17) is 4.74 Å². The highest BCUT2D eigenvalue weighted by atomic mass is 32.2. The number of ether oxygens (including phenoxy) is 1. The molecule has 2 unspecified atom stereocenters. The van der Waals surface area contributed by atoms with Gasteiger partial charge in [0.2, 0.25) is 0 Å². The van der Waals surface area contributed by atoms with Gasteiger partial charge in [0, 0.05) is 6.04 Å². The third-order valence-electron chi connectivity index (χ3n) is 4.46. The van der Waals surface area contributed by atoms with Crippen molar-refractivity contribution in [3.05, 3.63) is 0 Å². The first kappa shape index (κ1) is 18.4. The number of carbonyl (C=O) groups is 1. The van der Waals surface area contributed by atoms with E-state index in [1.807, 2.05) is 14.0 Å². The summed E-state index contributed by atoms with van der Waals surface area (Å²) < 4.78 is 27.7. The lowest BCUT2D eigenvalue weighted by atomic mass is 9.95. The Morgan fingerprint density at radius 2 is 2.10 bits per heavy atom. The van der Waals surface area contributed by atoms with Crippen LogP contribution in [0.1, 0.15) is 32.6 Å². The first-order chi connectivity index (χ1) is 9.74. The molecule has 6 nitrogen and oxygen atoms in total. The van der Waals surface area contributed by atoms with Crippen LogP contribution < -0.4 is 5.32 Å². The third-order valence-corrected chi connectivity index (χ3v) is 6.21. The highest BCUT2D eigenvalue weighted by Gasteiger charge is 2.32. The van der Waals surface area contributed by atoms with Crippen molar-refractivity contribution in [3.63, 3.8) is 0 Å². The van der Waals surface area contributed by atoms with Crippen molar-refractivity contribution in [2.24, 2.45) is 0 Å². The Kier molecular flexibility index (Phi) is 6.62. The van der Waals surface area contributed by atoms with Crippen molar-refractivity contribution in [1.29, 1.82) is 0 Å². The van der Waals surface area contributed by atoms with Gasteiger partial charge in [-0.15, -0.1) is 0 Å². The molecule has 1 aliphatic heterocycles. The molecule has 0 aromatic carbocycles. The first-order valence-corrected chi connectivity index (χ1v) is 9.24. The molecule has 1 N–H and O–H groups in total. The maximum atomic E-state index is 11.7. The van der Waals surface area contributed by atoms with Crippen LogP contribution in [0.5, 0.6) is 0 Å². The second-order valence-corrected chi connectivity index (χ2v) is 8.30. The number of nitrogens with one attached hydrogen (secondary N) is 1. The van der Waals surface area contributed by atoms with E-state index in [9.17, 15) is 13.2 Å². The third kappa shape index (κ3) is 5.23. The van der Waals surface area contributed by atoms with Crippen LogP contribution in [0.2, 0.25) is 0 Å². The molecular weight excluding hydrogens is 292 g/mol. The van der Waals surface area contributed by atoms with Gasteiger partial charge in [-0.3, -0.25) is 4.79 Å². The van der Waals surface area contributed by atoms with Gasteiger partial charge < -0.3 is 15.0 Å². The zero-order valence-corrected chi connectivity index (χ0v) is 14.3. The molecule has 1 fully saturated rings. The largest absolute Gasteiger partial charge is 0.468 e. The van der Waals surface area contributed by atoms with Gasteiger partial charge in [0.1, 0.15) is 5.54 Å². The van der Waals surface area contributed by atoms with Crippen molar-refractivity contribution in [1.82, 2.24) is 10.2 Å². The van der Waals surface area contributed by atoms with Gasteiger partial charge in [-0.25, -0.2) is 8.42 Å². The molecule has 0 aromatic rings. The number of rotatable bonds is 8. The van der Waals surface area contributed by atoms with E-state index in [-0.39, 0.29) is 17.8 Å². The predicted molar refractivity (Wildman–Crippen MR) is 83.0 cm³/mol. The average Bonchev–Trinajstić information content (AvgIpc) is 2.82. The number of esters is 1. The standard InChI is InChI=1S/C14H28N2O4S/c1-14(15-2,13(17)20-4)8-5-6-9-16(3)12-7-10-21(18,19)11-12/h12,15H,5-11H2,1-4H3. The molecule has 1 rings (SSSR count). The van der Waals surface area contributed by atoms with E-state index in [0.29, 0.717) is 12.2 Å². The van der Waals surface area contributed by atoms with Crippen LogP contribution in [-0.2, 0) is 19.4 Å². The number of carbonyl (C=O) groups excluding carboxylic acids is 1. The van der Waals surface area contributed by atoms with Gasteiger partial charge >= 0.3 is 5.97 Å². The van der Waals surface area contributed by atoms with E-state index < -0.39 is 15.4 Å². The SMILES string of the molecule is CNC(C)(CCCCN(C)C1CCS(=O)(=O)C1)C(=O)OC. The zero-order chi connectivity index (χ0) is 16.1. The molecule has 1 saturated heterocycles. The number of likely N-dealkylation sites (N-methyl/N-ethyl adjacent to an activating group) is 1. The molecule has 0 saturated carbocycles. The fourth-order valence-corrected chi connectivity index (χ4v) is 4.50. The van der Waals surface area contributed by atoms with Crippen LogP contribution in [0.25, 0.3) is 0 Å². The summed E-state index contributed by atoms with van der Waals surface area (Å²) in [5.41, 5.74) is -0.649. The van der Waals surface area contributed by atoms with Crippen molar-refractivity contribution in [3.8, 4) is 0 Å². The summed E-state index contributed by atoms with van der Waals surface area (Å²) in [7, 11) is 2.30.